The Hall–Kier alpha value is -1.26. The molecule has 2 rings (SSSR count). The van der Waals surface area contributed by atoms with Crippen molar-refractivity contribution in [3.05, 3.63) is 39.8 Å². The van der Waals surface area contributed by atoms with Crippen molar-refractivity contribution in [1.82, 2.24) is 4.98 Å². The van der Waals surface area contributed by atoms with Crippen molar-refractivity contribution in [2.45, 2.75) is 19.9 Å². The molecule has 1 aromatic carbocycles. The fourth-order valence-electron chi connectivity index (χ4n) is 1.62. The molecule has 1 atom stereocenters. The highest BCUT2D eigenvalue weighted by Crippen LogP contribution is 2.30. The molecule has 1 unspecified atom stereocenters. The maximum absolute atomic E-state index is 6.14. The summed E-state index contributed by atoms with van der Waals surface area (Å²) < 4.78 is 5.40. The molecule has 0 aliphatic rings. The van der Waals surface area contributed by atoms with Crippen LogP contribution < -0.4 is 10.1 Å². The number of ether oxygens (including phenoxy) is 1. The van der Waals surface area contributed by atoms with E-state index in [-0.39, 0.29) is 6.04 Å². The number of anilines is 1. The lowest BCUT2D eigenvalue weighted by atomic mass is 10.2. The second kappa shape index (κ2) is 6.07. The topological polar surface area (TPSA) is 34.1 Å². The molecule has 1 aromatic heterocycles. The summed E-state index contributed by atoms with van der Waals surface area (Å²) in [5.74, 6) is 0.718. The molecule has 0 radical (unpaired) electrons. The molecule has 1 heterocycles. The van der Waals surface area contributed by atoms with E-state index in [2.05, 4.69) is 17.2 Å². The summed E-state index contributed by atoms with van der Waals surface area (Å²) in [6.07, 6.45) is 1.87. The van der Waals surface area contributed by atoms with Crippen LogP contribution >= 0.6 is 22.9 Å². The molecule has 18 heavy (non-hydrogen) atoms. The highest BCUT2D eigenvalue weighted by atomic mass is 35.5. The second-order valence-corrected chi connectivity index (χ2v) is 5.17. The average Bonchev–Trinajstić information content (AvgIpc) is 2.86. The number of thiazole rings is 1. The third kappa shape index (κ3) is 3.15. The normalized spacial score (nSPS) is 12.2. The van der Waals surface area contributed by atoms with Crippen LogP contribution in [0.25, 0.3) is 0 Å². The zero-order valence-corrected chi connectivity index (χ0v) is 11.9. The van der Waals surface area contributed by atoms with Gasteiger partial charge in [-0.2, -0.15) is 0 Å². The summed E-state index contributed by atoms with van der Waals surface area (Å²) in [7, 11) is 0. The summed E-state index contributed by atoms with van der Waals surface area (Å²) in [6, 6.07) is 5.94. The summed E-state index contributed by atoms with van der Waals surface area (Å²) in [5.41, 5.74) is 2.81. The van der Waals surface area contributed by atoms with Crippen LogP contribution in [0.5, 0.6) is 5.75 Å². The molecule has 0 bridgehead atoms. The van der Waals surface area contributed by atoms with Crippen LogP contribution in [0.4, 0.5) is 5.69 Å². The standard InChI is InChI=1S/C13H15ClN2OS/c1-3-17-12-5-4-10(6-11(12)14)16-9(2)13-7-15-8-18-13/h4-9,16H,3H2,1-2H3. The molecule has 5 heteroatoms. The Morgan fingerprint density at radius 1 is 1.50 bits per heavy atom. The van der Waals surface area contributed by atoms with Gasteiger partial charge in [0, 0.05) is 16.8 Å². The predicted octanol–water partition coefficient (Wildman–Crippen LogP) is 4.37. The number of aromatic nitrogens is 1. The maximum atomic E-state index is 6.14. The monoisotopic (exact) mass is 282 g/mol. The van der Waals surface area contributed by atoms with Gasteiger partial charge in [0.25, 0.3) is 0 Å². The first-order valence-electron chi connectivity index (χ1n) is 5.78. The molecule has 0 saturated heterocycles. The van der Waals surface area contributed by atoms with Gasteiger partial charge in [0.05, 0.1) is 23.2 Å². The molecule has 2 aromatic rings. The van der Waals surface area contributed by atoms with Crippen molar-refractivity contribution >= 4 is 28.6 Å². The Morgan fingerprint density at radius 2 is 2.33 bits per heavy atom. The summed E-state index contributed by atoms with van der Waals surface area (Å²) in [6.45, 7) is 4.65. The molecule has 3 nitrogen and oxygen atoms in total. The van der Waals surface area contributed by atoms with E-state index < -0.39 is 0 Å². The van der Waals surface area contributed by atoms with E-state index in [0.29, 0.717) is 11.6 Å². The molecule has 1 N–H and O–H groups in total. The predicted molar refractivity (Wildman–Crippen MR) is 76.8 cm³/mol. The van der Waals surface area contributed by atoms with E-state index in [4.69, 9.17) is 16.3 Å². The van der Waals surface area contributed by atoms with Crippen molar-refractivity contribution < 1.29 is 4.74 Å². The first-order chi connectivity index (χ1) is 8.70. The quantitative estimate of drug-likeness (QED) is 0.884. The number of hydrogen-bond acceptors (Lipinski definition) is 4. The fourth-order valence-corrected chi connectivity index (χ4v) is 2.49. The van der Waals surface area contributed by atoms with Gasteiger partial charge in [0.2, 0.25) is 0 Å². The third-order valence-electron chi connectivity index (χ3n) is 2.49. The van der Waals surface area contributed by atoms with Gasteiger partial charge in [0.1, 0.15) is 5.75 Å². The summed E-state index contributed by atoms with van der Waals surface area (Å²) in [5, 5.41) is 4.01. The zero-order valence-electron chi connectivity index (χ0n) is 10.3. The molecule has 0 fully saturated rings. The maximum Gasteiger partial charge on any atom is 0.138 e. The molecule has 96 valence electrons. The van der Waals surface area contributed by atoms with Crippen LogP contribution in [0, 0.1) is 0 Å². The van der Waals surface area contributed by atoms with E-state index in [1.54, 1.807) is 11.3 Å². The molecule has 0 aliphatic heterocycles. The Labute approximate surface area is 116 Å². The minimum absolute atomic E-state index is 0.214. The van der Waals surface area contributed by atoms with E-state index in [1.165, 1.54) is 4.88 Å². The fraction of sp³-hybridized carbons (Fsp3) is 0.308. The van der Waals surface area contributed by atoms with Crippen molar-refractivity contribution in [2.75, 3.05) is 11.9 Å². The van der Waals surface area contributed by atoms with Gasteiger partial charge in [-0.05, 0) is 32.0 Å². The van der Waals surface area contributed by atoms with Crippen molar-refractivity contribution in [3.63, 3.8) is 0 Å². The molecule has 0 aliphatic carbocycles. The lowest BCUT2D eigenvalue weighted by molar-refractivity contribution is 0.340. The lowest BCUT2D eigenvalue weighted by Crippen LogP contribution is -2.05. The Balaban J connectivity index is 2.08. The Morgan fingerprint density at radius 3 is 2.94 bits per heavy atom. The number of halogens is 1. The molecular weight excluding hydrogens is 268 g/mol. The summed E-state index contributed by atoms with van der Waals surface area (Å²) in [4.78, 5) is 5.27. The van der Waals surface area contributed by atoms with Gasteiger partial charge >= 0.3 is 0 Å². The van der Waals surface area contributed by atoms with E-state index in [0.717, 1.165) is 11.4 Å². The van der Waals surface area contributed by atoms with Crippen LogP contribution in [0.15, 0.2) is 29.9 Å². The first-order valence-corrected chi connectivity index (χ1v) is 7.03. The minimum Gasteiger partial charge on any atom is -0.492 e. The van der Waals surface area contributed by atoms with Gasteiger partial charge in [0.15, 0.2) is 0 Å². The van der Waals surface area contributed by atoms with Crippen molar-refractivity contribution in [1.29, 1.82) is 0 Å². The van der Waals surface area contributed by atoms with Gasteiger partial charge in [-0.15, -0.1) is 11.3 Å². The number of benzene rings is 1. The lowest BCUT2D eigenvalue weighted by Gasteiger charge is -2.14. The third-order valence-corrected chi connectivity index (χ3v) is 3.75. The Kier molecular flexibility index (Phi) is 4.44. The van der Waals surface area contributed by atoms with Crippen molar-refractivity contribution in [3.8, 4) is 5.75 Å². The first kappa shape index (κ1) is 13.2. The van der Waals surface area contributed by atoms with Gasteiger partial charge in [-0.25, -0.2) is 0 Å². The van der Waals surface area contributed by atoms with E-state index >= 15 is 0 Å². The van der Waals surface area contributed by atoms with Crippen LogP contribution in [0.3, 0.4) is 0 Å². The van der Waals surface area contributed by atoms with Gasteiger partial charge in [-0.1, -0.05) is 11.6 Å². The highest BCUT2D eigenvalue weighted by Gasteiger charge is 2.08. The number of hydrogen-bond donors (Lipinski definition) is 1. The van der Waals surface area contributed by atoms with Crippen molar-refractivity contribution in [2.24, 2.45) is 0 Å². The molecule has 0 spiro atoms. The molecule has 0 saturated carbocycles. The van der Waals surface area contributed by atoms with Crippen LogP contribution in [0.2, 0.25) is 5.02 Å². The SMILES string of the molecule is CCOc1ccc(NC(C)c2cncs2)cc1Cl. The largest absolute Gasteiger partial charge is 0.492 e. The number of nitrogens with zero attached hydrogens (tertiary/aromatic N) is 1. The van der Waals surface area contributed by atoms with Crippen LogP contribution in [-0.4, -0.2) is 11.6 Å². The van der Waals surface area contributed by atoms with Crippen LogP contribution in [-0.2, 0) is 0 Å². The van der Waals surface area contributed by atoms with Gasteiger partial charge < -0.3 is 10.1 Å². The molecular formula is C13H15ClN2OS. The highest BCUT2D eigenvalue weighted by molar-refractivity contribution is 7.09. The van der Waals surface area contributed by atoms with E-state index in [1.807, 2.05) is 36.8 Å². The van der Waals surface area contributed by atoms with Crippen LogP contribution in [0.1, 0.15) is 24.8 Å². The second-order valence-electron chi connectivity index (χ2n) is 3.85. The smallest absolute Gasteiger partial charge is 0.138 e. The minimum atomic E-state index is 0.214. The van der Waals surface area contributed by atoms with E-state index in [9.17, 15) is 0 Å². The average molecular weight is 283 g/mol. The number of nitrogens with one attached hydrogen (secondary N) is 1. The van der Waals surface area contributed by atoms with Gasteiger partial charge in [-0.3, -0.25) is 4.98 Å². The number of rotatable bonds is 5. The molecule has 0 amide bonds. The summed E-state index contributed by atoms with van der Waals surface area (Å²) >= 11 is 7.78. The Bertz CT molecular complexity index is 502. The zero-order chi connectivity index (χ0) is 13.0.